The topological polar surface area (TPSA) is 42.8 Å². The van der Waals surface area contributed by atoms with Gasteiger partial charge in [0.05, 0.1) is 12.1 Å². The second kappa shape index (κ2) is 8.87. The maximum absolute atomic E-state index is 13.8. The van der Waals surface area contributed by atoms with Crippen molar-refractivity contribution in [3.63, 3.8) is 0 Å². The van der Waals surface area contributed by atoms with Gasteiger partial charge in [0.2, 0.25) is 0 Å². The summed E-state index contributed by atoms with van der Waals surface area (Å²) in [6.07, 6.45) is 11.4. The maximum atomic E-state index is 13.8. The minimum atomic E-state index is -0.194. The zero-order chi connectivity index (χ0) is 21.2. The highest BCUT2D eigenvalue weighted by Crippen LogP contribution is 2.36. The Morgan fingerprint density at radius 3 is 2.68 bits per heavy atom. The summed E-state index contributed by atoms with van der Waals surface area (Å²) in [5.41, 5.74) is 2.16. The molecule has 31 heavy (non-hydrogen) atoms. The molecule has 1 N–H and O–H groups in total. The van der Waals surface area contributed by atoms with E-state index >= 15 is 0 Å². The Hall–Kier alpha value is -2.60. The average Bonchev–Trinajstić information content (AvgIpc) is 3.24. The number of aliphatic hydroxyl groups excluding tert-OH is 1. The van der Waals surface area contributed by atoms with Gasteiger partial charge in [-0.25, -0.2) is 9.37 Å². The van der Waals surface area contributed by atoms with Crippen molar-refractivity contribution in [3.05, 3.63) is 60.7 Å². The lowest BCUT2D eigenvalue weighted by molar-refractivity contribution is 0.240. The molecular weight excluding hydrogens is 391 g/mol. The smallest absolute Gasteiger partial charge is 0.130 e. The molecule has 0 aliphatic carbocycles. The molecule has 2 saturated heterocycles. The number of anilines is 3. The lowest BCUT2D eigenvalue weighted by Crippen LogP contribution is -2.45. The molecule has 6 heteroatoms. The van der Waals surface area contributed by atoms with Crippen LogP contribution in [0.5, 0.6) is 0 Å². The third-order valence-corrected chi connectivity index (χ3v) is 7.16. The Labute approximate surface area is 183 Å². The molecule has 0 radical (unpaired) electrons. The van der Waals surface area contributed by atoms with Gasteiger partial charge in [-0.2, -0.15) is 0 Å². The molecule has 5 rings (SSSR count). The zero-order valence-corrected chi connectivity index (χ0v) is 17.9. The summed E-state index contributed by atoms with van der Waals surface area (Å²) in [5, 5.41) is 9.20. The van der Waals surface area contributed by atoms with Gasteiger partial charge < -0.3 is 19.8 Å². The number of hydrogen-bond donors (Lipinski definition) is 1. The van der Waals surface area contributed by atoms with Gasteiger partial charge in [0.15, 0.2) is 0 Å². The van der Waals surface area contributed by atoms with Crippen molar-refractivity contribution in [1.29, 1.82) is 0 Å². The quantitative estimate of drug-likeness (QED) is 0.783. The molecule has 0 saturated carbocycles. The van der Waals surface area contributed by atoms with Crippen LogP contribution >= 0.6 is 0 Å². The van der Waals surface area contributed by atoms with Gasteiger partial charge in [-0.1, -0.05) is 12.1 Å². The molecule has 1 aromatic heterocycles. The molecule has 4 heterocycles. The summed E-state index contributed by atoms with van der Waals surface area (Å²) in [6, 6.07) is 11.9. The number of piperidine rings is 1. The Bertz CT molecular complexity index is 927. The average molecular weight is 423 g/mol. The molecule has 2 aromatic rings. The lowest BCUT2D eigenvalue weighted by atomic mass is 9.94. The van der Waals surface area contributed by atoms with Gasteiger partial charge in [-0.05, 0) is 62.3 Å². The highest BCUT2D eigenvalue weighted by atomic mass is 19.1. The van der Waals surface area contributed by atoms with Gasteiger partial charge in [-0.15, -0.1) is 0 Å². The molecule has 2 fully saturated rings. The summed E-state index contributed by atoms with van der Waals surface area (Å²) in [7, 11) is 0. The third kappa shape index (κ3) is 4.13. The number of aliphatic hydroxyl groups is 1. The van der Waals surface area contributed by atoms with E-state index in [0.29, 0.717) is 24.6 Å². The number of pyridine rings is 1. The zero-order valence-electron chi connectivity index (χ0n) is 17.9. The fraction of sp³-hybridized carbons (Fsp3) is 0.480. The molecule has 0 amide bonds. The van der Waals surface area contributed by atoms with E-state index in [0.717, 1.165) is 63.2 Å². The summed E-state index contributed by atoms with van der Waals surface area (Å²) in [6.45, 7) is 3.33. The van der Waals surface area contributed by atoms with E-state index in [9.17, 15) is 9.50 Å². The van der Waals surface area contributed by atoms with Crippen molar-refractivity contribution in [2.24, 2.45) is 5.92 Å². The summed E-state index contributed by atoms with van der Waals surface area (Å²) < 4.78 is 13.8. The lowest BCUT2D eigenvalue weighted by Gasteiger charge is -2.38. The molecule has 3 aliphatic heterocycles. The highest BCUT2D eigenvalue weighted by Gasteiger charge is 2.39. The molecule has 2 atom stereocenters. The Balaban J connectivity index is 1.32. The van der Waals surface area contributed by atoms with Gasteiger partial charge >= 0.3 is 0 Å². The first-order valence-corrected chi connectivity index (χ1v) is 11.5. The fourth-order valence-corrected chi connectivity index (χ4v) is 5.49. The van der Waals surface area contributed by atoms with Gasteiger partial charge in [-0.3, -0.25) is 0 Å². The highest BCUT2D eigenvalue weighted by molar-refractivity contribution is 5.59. The predicted octanol–water partition coefficient (Wildman–Crippen LogP) is 4.19. The number of aromatic nitrogens is 1. The summed E-state index contributed by atoms with van der Waals surface area (Å²) in [5.74, 6) is 1.49. The third-order valence-electron chi connectivity index (χ3n) is 7.16. The van der Waals surface area contributed by atoms with E-state index in [1.807, 2.05) is 12.3 Å². The first-order valence-electron chi connectivity index (χ1n) is 11.5. The van der Waals surface area contributed by atoms with E-state index in [-0.39, 0.29) is 5.82 Å². The second-order valence-corrected chi connectivity index (χ2v) is 8.94. The van der Waals surface area contributed by atoms with Crippen LogP contribution in [0.2, 0.25) is 0 Å². The van der Waals surface area contributed by atoms with Crippen LogP contribution in [0.1, 0.15) is 32.1 Å². The van der Waals surface area contributed by atoms with Crippen LogP contribution in [0.4, 0.5) is 21.6 Å². The minimum Gasteiger partial charge on any atom is -0.396 e. The van der Waals surface area contributed by atoms with E-state index in [1.165, 1.54) is 11.8 Å². The molecule has 0 bridgehead atoms. The van der Waals surface area contributed by atoms with Gasteiger partial charge in [0, 0.05) is 56.1 Å². The number of benzene rings is 1. The van der Waals surface area contributed by atoms with Crippen LogP contribution in [-0.4, -0.2) is 48.4 Å². The van der Waals surface area contributed by atoms with Gasteiger partial charge in [0.25, 0.3) is 0 Å². The maximum Gasteiger partial charge on any atom is 0.130 e. The Morgan fingerprint density at radius 2 is 1.87 bits per heavy atom. The first-order chi connectivity index (χ1) is 15.2. The number of fused-ring (bicyclic) bond motifs is 1. The number of nitrogens with zero attached hydrogens (tertiary/aromatic N) is 4. The molecular formula is C25H31FN4O. The predicted molar refractivity (Wildman–Crippen MR) is 123 cm³/mol. The SMILES string of the molecule is OCCC1CCN(c2ccnc(N3CC[C@@H]4[C@H]3CC=CN4c3cccc(F)c3)c2)CC1. The summed E-state index contributed by atoms with van der Waals surface area (Å²) in [4.78, 5) is 11.8. The van der Waals surface area contributed by atoms with Crippen molar-refractivity contribution in [2.45, 2.75) is 44.2 Å². The van der Waals surface area contributed by atoms with Crippen LogP contribution in [-0.2, 0) is 0 Å². The van der Waals surface area contributed by atoms with Crippen molar-refractivity contribution in [2.75, 3.05) is 40.9 Å². The first kappa shape index (κ1) is 20.3. The van der Waals surface area contributed by atoms with Crippen LogP contribution in [0, 0.1) is 11.7 Å². The standard InChI is InChI=1S/C25H31FN4O/c26-20-3-1-4-22(17-20)29-12-2-5-23-24(29)9-15-30(23)25-18-21(6-11-27-25)28-13-7-19(8-14-28)10-16-31/h1-4,6,11-12,17-19,23-24,31H,5,7-10,13-16H2/t23-,24-/m1/s1. The van der Waals surface area contributed by atoms with Crippen LogP contribution in [0.15, 0.2) is 54.9 Å². The molecule has 0 unspecified atom stereocenters. The number of rotatable bonds is 5. The molecule has 3 aliphatic rings. The van der Waals surface area contributed by atoms with Gasteiger partial charge in [0.1, 0.15) is 11.6 Å². The normalized spacial score (nSPS) is 24.0. The molecule has 164 valence electrons. The van der Waals surface area contributed by atoms with Crippen LogP contribution in [0.25, 0.3) is 0 Å². The second-order valence-electron chi connectivity index (χ2n) is 8.94. The van der Waals surface area contributed by atoms with Crippen LogP contribution in [0.3, 0.4) is 0 Å². The Kier molecular flexibility index (Phi) is 5.81. The van der Waals surface area contributed by atoms with E-state index < -0.39 is 0 Å². The van der Waals surface area contributed by atoms with Crippen molar-refractivity contribution < 1.29 is 9.50 Å². The van der Waals surface area contributed by atoms with Crippen molar-refractivity contribution >= 4 is 17.2 Å². The summed E-state index contributed by atoms with van der Waals surface area (Å²) >= 11 is 0. The molecule has 5 nitrogen and oxygen atoms in total. The van der Waals surface area contributed by atoms with Crippen molar-refractivity contribution in [1.82, 2.24) is 4.98 Å². The van der Waals surface area contributed by atoms with E-state index in [1.54, 1.807) is 12.1 Å². The number of hydrogen-bond acceptors (Lipinski definition) is 5. The van der Waals surface area contributed by atoms with E-state index in [4.69, 9.17) is 4.98 Å². The van der Waals surface area contributed by atoms with E-state index in [2.05, 4.69) is 39.1 Å². The van der Waals surface area contributed by atoms with Crippen molar-refractivity contribution in [3.8, 4) is 0 Å². The van der Waals surface area contributed by atoms with Crippen LogP contribution < -0.4 is 14.7 Å². The molecule has 1 aromatic carbocycles. The fourth-order valence-electron chi connectivity index (χ4n) is 5.49. The minimum absolute atomic E-state index is 0.194. The Morgan fingerprint density at radius 1 is 1.00 bits per heavy atom. The molecule has 0 spiro atoms. The number of halogens is 1. The monoisotopic (exact) mass is 422 g/mol. The largest absolute Gasteiger partial charge is 0.396 e.